The molecule has 3 aromatic rings. The molecule has 0 aliphatic carbocycles. The molecule has 0 unspecified atom stereocenters. The molecule has 26 heavy (non-hydrogen) atoms. The first-order valence-corrected chi connectivity index (χ1v) is 9.27. The minimum Gasteiger partial charge on any atom is -0.360 e. The van der Waals surface area contributed by atoms with Gasteiger partial charge in [0.2, 0.25) is 5.91 Å². The first kappa shape index (κ1) is 19.0. The molecule has 10 heteroatoms. The predicted octanol–water partition coefficient (Wildman–Crippen LogP) is 4.87. The van der Waals surface area contributed by atoms with Crippen LogP contribution in [0.4, 0.5) is 5.82 Å². The standard InChI is InChI=1S/C16H12Cl3N3O3S/c1-7-3-11(21-25-7)20-12(23)6-22(2)16(24)15-14(19)13-9(18)4-8(17)5-10(13)26-15/h3-5H,6H2,1-2H3,(H,20,21,23). The van der Waals surface area contributed by atoms with Crippen LogP contribution in [0.3, 0.4) is 0 Å². The van der Waals surface area contributed by atoms with Crippen molar-refractivity contribution in [3.05, 3.63) is 43.9 Å². The van der Waals surface area contributed by atoms with Gasteiger partial charge in [-0.3, -0.25) is 9.59 Å². The van der Waals surface area contributed by atoms with Crippen molar-refractivity contribution in [1.29, 1.82) is 0 Å². The third kappa shape index (κ3) is 3.81. The van der Waals surface area contributed by atoms with Crippen LogP contribution in [0.25, 0.3) is 10.1 Å². The monoisotopic (exact) mass is 431 g/mol. The van der Waals surface area contributed by atoms with Gasteiger partial charge in [0.05, 0.1) is 16.6 Å². The number of likely N-dealkylation sites (N-methyl/N-ethyl adjacent to an activating group) is 1. The predicted molar refractivity (Wildman–Crippen MR) is 104 cm³/mol. The van der Waals surface area contributed by atoms with Gasteiger partial charge in [-0.1, -0.05) is 40.0 Å². The Morgan fingerprint density at radius 3 is 2.65 bits per heavy atom. The number of carbonyl (C=O) groups excluding carboxylic acids is 2. The summed E-state index contributed by atoms with van der Waals surface area (Å²) in [6, 6.07) is 4.83. The van der Waals surface area contributed by atoms with E-state index in [1.54, 1.807) is 25.1 Å². The number of aromatic nitrogens is 1. The highest BCUT2D eigenvalue weighted by atomic mass is 35.5. The van der Waals surface area contributed by atoms with E-state index < -0.39 is 11.8 Å². The van der Waals surface area contributed by atoms with Gasteiger partial charge in [-0.15, -0.1) is 11.3 Å². The Bertz CT molecular complexity index is 1010. The summed E-state index contributed by atoms with van der Waals surface area (Å²) in [5, 5.41) is 7.86. The molecule has 0 saturated heterocycles. The summed E-state index contributed by atoms with van der Waals surface area (Å²) in [7, 11) is 1.51. The third-order valence-electron chi connectivity index (χ3n) is 3.47. The highest BCUT2D eigenvalue weighted by Gasteiger charge is 2.23. The van der Waals surface area contributed by atoms with E-state index >= 15 is 0 Å². The number of hydrogen-bond donors (Lipinski definition) is 1. The van der Waals surface area contributed by atoms with E-state index in [2.05, 4.69) is 10.5 Å². The van der Waals surface area contributed by atoms with Crippen LogP contribution in [0.15, 0.2) is 22.7 Å². The number of nitrogens with one attached hydrogen (secondary N) is 1. The van der Waals surface area contributed by atoms with Crippen molar-refractivity contribution in [2.75, 3.05) is 18.9 Å². The topological polar surface area (TPSA) is 75.4 Å². The van der Waals surface area contributed by atoms with Crippen LogP contribution < -0.4 is 5.32 Å². The maximum absolute atomic E-state index is 12.7. The van der Waals surface area contributed by atoms with Crippen molar-refractivity contribution in [3.8, 4) is 0 Å². The zero-order valence-electron chi connectivity index (χ0n) is 13.6. The van der Waals surface area contributed by atoms with Gasteiger partial charge in [-0.25, -0.2) is 0 Å². The lowest BCUT2D eigenvalue weighted by Crippen LogP contribution is -2.34. The largest absolute Gasteiger partial charge is 0.360 e. The number of thiophene rings is 1. The van der Waals surface area contributed by atoms with Gasteiger partial charge in [-0.05, 0) is 19.1 Å². The molecule has 0 saturated carbocycles. The quantitative estimate of drug-likeness (QED) is 0.638. The minimum atomic E-state index is -0.410. The van der Waals surface area contributed by atoms with Crippen LogP contribution in [0.1, 0.15) is 15.4 Å². The average Bonchev–Trinajstić information content (AvgIpc) is 3.09. The van der Waals surface area contributed by atoms with Crippen molar-refractivity contribution in [1.82, 2.24) is 10.1 Å². The zero-order valence-corrected chi connectivity index (χ0v) is 16.7. The molecule has 0 aliphatic rings. The van der Waals surface area contributed by atoms with Gasteiger partial charge in [-0.2, -0.15) is 0 Å². The van der Waals surface area contributed by atoms with E-state index in [9.17, 15) is 9.59 Å². The summed E-state index contributed by atoms with van der Waals surface area (Å²) in [4.78, 5) is 26.3. The molecule has 3 rings (SSSR count). The van der Waals surface area contributed by atoms with E-state index in [-0.39, 0.29) is 17.4 Å². The van der Waals surface area contributed by atoms with Gasteiger partial charge in [0.15, 0.2) is 5.82 Å². The summed E-state index contributed by atoms with van der Waals surface area (Å²) in [5.74, 6) is 0.0503. The van der Waals surface area contributed by atoms with Crippen LogP contribution in [-0.2, 0) is 4.79 Å². The molecule has 2 heterocycles. The molecule has 1 N–H and O–H groups in total. The number of carbonyl (C=O) groups is 2. The van der Waals surface area contributed by atoms with E-state index in [1.165, 1.54) is 23.3 Å². The lowest BCUT2D eigenvalue weighted by atomic mass is 10.2. The van der Waals surface area contributed by atoms with Gasteiger partial charge < -0.3 is 14.7 Å². The van der Waals surface area contributed by atoms with Crippen LogP contribution in [0.2, 0.25) is 15.1 Å². The molecule has 0 aliphatic heterocycles. The lowest BCUT2D eigenvalue weighted by molar-refractivity contribution is -0.116. The van der Waals surface area contributed by atoms with E-state index in [0.29, 0.717) is 30.8 Å². The van der Waals surface area contributed by atoms with E-state index in [1.807, 2.05) is 0 Å². The molecule has 136 valence electrons. The number of hydrogen-bond acceptors (Lipinski definition) is 5. The second-order valence-corrected chi connectivity index (χ2v) is 7.81. The molecule has 0 atom stereocenters. The molecule has 0 bridgehead atoms. The Morgan fingerprint density at radius 2 is 2.00 bits per heavy atom. The number of halogens is 3. The summed E-state index contributed by atoms with van der Waals surface area (Å²) < 4.78 is 5.57. The van der Waals surface area contributed by atoms with Crippen LogP contribution in [-0.4, -0.2) is 35.5 Å². The molecule has 0 fully saturated rings. The summed E-state index contributed by atoms with van der Waals surface area (Å²) in [5.41, 5.74) is 0. The number of amides is 2. The van der Waals surface area contributed by atoms with Crippen LogP contribution in [0.5, 0.6) is 0 Å². The fourth-order valence-electron chi connectivity index (χ4n) is 2.32. The van der Waals surface area contributed by atoms with E-state index in [0.717, 1.165) is 0 Å². The summed E-state index contributed by atoms with van der Waals surface area (Å²) in [6.45, 7) is 1.53. The van der Waals surface area contributed by atoms with Crippen LogP contribution in [0, 0.1) is 6.92 Å². The second-order valence-electron chi connectivity index (χ2n) is 5.54. The molecule has 0 spiro atoms. The second kappa shape index (κ2) is 7.44. The molecule has 6 nitrogen and oxygen atoms in total. The number of rotatable bonds is 4. The maximum atomic E-state index is 12.7. The smallest absolute Gasteiger partial charge is 0.265 e. The highest BCUT2D eigenvalue weighted by molar-refractivity contribution is 7.21. The Balaban J connectivity index is 1.78. The first-order chi connectivity index (χ1) is 12.3. The summed E-state index contributed by atoms with van der Waals surface area (Å²) >= 11 is 19.7. The number of anilines is 1. The van der Waals surface area contributed by atoms with Crippen molar-refractivity contribution >= 4 is 73.9 Å². The number of benzene rings is 1. The van der Waals surface area contributed by atoms with Gasteiger partial charge in [0.25, 0.3) is 5.91 Å². The average molecular weight is 433 g/mol. The Hall–Kier alpha value is -1.80. The van der Waals surface area contributed by atoms with Gasteiger partial charge in [0.1, 0.15) is 10.6 Å². The number of fused-ring (bicyclic) bond motifs is 1. The molecule has 2 amide bonds. The van der Waals surface area contributed by atoms with Crippen LogP contribution >= 0.6 is 46.1 Å². The van der Waals surface area contributed by atoms with E-state index in [4.69, 9.17) is 39.3 Å². The van der Waals surface area contributed by atoms with Gasteiger partial charge >= 0.3 is 0 Å². The number of nitrogens with zero attached hydrogens (tertiary/aromatic N) is 2. The SMILES string of the molecule is Cc1cc(NC(=O)CN(C)C(=O)c2sc3cc(Cl)cc(Cl)c3c2Cl)no1. The fourth-order valence-corrected chi connectivity index (χ4v) is 4.69. The Morgan fingerprint density at radius 1 is 1.27 bits per heavy atom. The molecular weight excluding hydrogens is 421 g/mol. The van der Waals surface area contributed by atoms with Crippen molar-refractivity contribution in [2.45, 2.75) is 6.92 Å². The molecule has 2 aromatic heterocycles. The van der Waals surface area contributed by atoms with Gasteiger partial charge in [0, 0.05) is 28.2 Å². The van der Waals surface area contributed by atoms with Crippen molar-refractivity contribution in [3.63, 3.8) is 0 Å². The molecule has 0 radical (unpaired) electrons. The molecular formula is C16H12Cl3N3O3S. The Labute approximate surface area is 167 Å². The maximum Gasteiger partial charge on any atom is 0.265 e. The van der Waals surface area contributed by atoms with Crippen molar-refractivity contribution < 1.29 is 14.1 Å². The highest BCUT2D eigenvalue weighted by Crippen LogP contribution is 2.41. The van der Waals surface area contributed by atoms with Crippen molar-refractivity contribution in [2.24, 2.45) is 0 Å². The minimum absolute atomic E-state index is 0.177. The lowest BCUT2D eigenvalue weighted by Gasteiger charge is -2.15. The molecule has 1 aromatic carbocycles. The summed E-state index contributed by atoms with van der Waals surface area (Å²) in [6.07, 6.45) is 0. The fraction of sp³-hybridized carbons (Fsp3) is 0.188. The normalized spacial score (nSPS) is 11.0. The zero-order chi connectivity index (χ0) is 19.0. The number of aryl methyl sites for hydroxylation is 1. The third-order valence-corrected chi connectivity index (χ3v) is 5.60. The first-order valence-electron chi connectivity index (χ1n) is 7.32. The Kier molecular flexibility index (Phi) is 5.43.